The van der Waals surface area contributed by atoms with E-state index in [0.717, 1.165) is 67.7 Å². The van der Waals surface area contributed by atoms with Crippen LogP contribution in [0.1, 0.15) is 53.5 Å². The summed E-state index contributed by atoms with van der Waals surface area (Å²) in [4.78, 5) is 22.7. The number of benzene rings is 1. The standard InChI is InChI=1S/C29H37N5O2/c1-21-6-9-24(25(18-21)33-14-4-3-5-15-33)29(26-10-7-22(2)36-26)32-28(35)19-23-8-11-27(31-20-23)34-16-12-30-13-17-34/h6-11,18,20,29-30H,3-5,12-17,19H2,1-2H3,(H,32,35). The van der Waals surface area contributed by atoms with Gasteiger partial charge >= 0.3 is 0 Å². The molecule has 0 aliphatic carbocycles. The zero-order chi connectivity index (χ0) is 24.9. The van der Waals surface area contributed by atoms with E-state index < -0.39 is 0 Å². The van der Waals surface area contributed by atoms with Gasteiger partial charge in [0.25, 0.3) is 0 Å². The fourth-order valence-corrected chi connectivity index (χ4v) is 5.22. The van der Waals surface area contributed by atoms with Crippen LogP contribution in [0, 0.1) is 13.8 Å². The molecule has 2 aliphatic heterocycles. The summed E-state index contributed by atoms with van der Waals surface area (Å²) >= 11 is 0. The number of piperidine rings is 1. The third-order valence-corrected chi connectivity index (χ3v) is 7.16. The summed E-state index contributed by atoms with van der Waals surface area (Å²) in [5.41, 5.74) is 4.39. The fraction of sp³-hybridized carbons (Fsp3) is 0.448. The van der Waals surface area contributed by atoms with Crippen LogP contribution in [0.25, 0.3) is 0 Å². The molecule has 1 atom stereocenters. The minimum absolute atomic E-state index is 0.0454. The summed E-state index contributed by atoms with van der Waals surface area (Å²) in [5.74, 6) is 2.52. The van der Waals surface area contributed by atoms with Crippen LogP contribution in [0.5, 0.6) is 0 Å². The molecule has 2 fully saturated rings. The molecule has 0 saturated carbocycles. The van der Waals surface area contributed by atoms with Crippen LogP contribution in [-0.2, 0) is 11.2 Å². The summed E-state index contributed by atoms with van der Waals surface area (Å²) in [7, 11) is 0. The summed E-state index contributed by atoms with van der Waals surface area (Å²) in [6.07, 6.45) is 5.77. The first kappa shape index (κ1) is 24.4. The van der Waals surface area contributed by atoms with Crippen LogP contribution in [0.2, 0.25) is 0 Å². The summed E-state index contributed by atoms with van der Waals surface area (Å²) < 4.78 is 6.05. The van der Waals surface area contributed by atoms with Gasteiger partial charge in [-0.3, -0.25) is 4.79 Å². The van der Waals surface area contributed by atoms with Gasteiger partial charge in [0.05, 0.1) is 6.42 Å². The van der Waals surface area contributed by atoms with Crippen molar-refractivity contribution in [1.29, 1.82) is 0 Å². The second-order valence-corrected chi connectivity index (χ2v) is 10.00. The van der Waals surface area contributed by atoms with Crippen molar-refractivity contribution >= 4 is 17.4 Å². The van der Waals surface area contributed by atoms with E-state index in [9.17, 15) is 4.79 Å². The lowest BCUT2D eigenvalue weighted by Crippen LogP contribution is -2.43. The third kappa shape index (κ3) is 5.73. The molecule has 4 heterocycles. The number of aryl methyl sites for hydroxylation is 2. The van der Waals surface area contributed by atoms with Crippen molar-refractivity contribution in [2.24, 2.45) is 0 Å². The zero-order valence-electron chi connectivity index (χ0n) is 21.4. The summed E-state index contributed by atoms with van der Waals surface area (Å²) in [5, 5.41) is 6.65. The molecule has 5 rings (SSSR count). The van der Waals surface area contributed by atoms with Crippen molar-refractivity contribution in [3.05, 3.63) is 76.9 Å². The number of nitrogens with zero attached hydrogens (tertiary/aromatic N) is 3. The van der Waals surface area contributed by atoms with E-state index in [1.54, 1.807) is 0 Å². The number of piperazine rings is 1. The molecule has 190 valence electrons. The second kappa shape index (κ2) is 11.2. The van der Waals surface area contributed by atoms with Gasteiger partial charge in [0, 0.05) is 56.7 Å². The third-order valence-electron chi connectivity index (χ3n) is 7.16. The van der Waals surface area contributed by atoms with E-state index in [0.29, 0.717) is 0 Å². The molecule has 0 bridgehead atoms. The minimum Gasteiger partial charge on any atom is -0.464 e. The Hall–Kier alpha value is -3.32. The van der Waals surface area contributed by atoms with E-state index in [2.05, 4.69) is 50.5 Å². The highest BCUT2D eigenvalue weighted by Gasteiger charge is 2.26. The van der Waals surface area contributed by atoms with Gasteiger partial charge < -0.3 is 24.9 Å². The van der Waals surface area contributed by atoms with Gasteiger partial charge in [0.1, 0.15) is 23.4 Å². The molecular weight excluding hydrogens is 450 g/mol. The van der Waals surface area contributed by atoms with Gasteiger partial charge in [0.2, 0.25) is 5.91 Å². The van der Waals surface area contributed by atoms with Crippen molar-refractivity contribution in [1.82, 2.24) is 15.6 Å². The van der Waals surface area contributed by atoms with Crippen molar-refractivity contribution in [2.75, 3.05) is 49.1 Å². The van der Waals surface area contributed by atoms with Crippen LogP contribution in [0.4, 0.5) is 11.5 Å². The average Bonchev–Trinajstić information content (AvgIpc) is 3.35. The molecule has 1 aromatic carbocycles. The number of nitrogens with one attached hydrogen (secondary N) is 2. The zero-order valence-corrected chi connectivity index (χ0v) is 21.4. The Morgan fingerprint density at radius 3 is 2.50 bits per heavy atom. The van der Waals surface area contributed by atoms with E-state index in [-0.39, 0.29) is 18.4 Å². The Morgan fingerprint density at radius 1 is 1.00 bits per heavy atom. The molecule has 1 unspecified atom stereocenters. The smallest absolute Gasteiger partial charge is 0.225 e. The summed E-state index contributed by atoms with van der Waals surface area (Å²) in [6, 6.07) is 14.1. The Labute approximate surface area is 213 Å². The van der Waals surface area contributed by atoms with E-state index >= 15 is 0 Å². The van der Waals surface area contributed by atoms with Crippen LogP contribution < -0.4 is 20.4 Å². The number of anilines is 2. The first-order valence-corrected chi connectivity index (χ1v) is 13.2. The van der Waals surface area contributed by atoms with E-state index in [1.807, 2.05) is 37.4 Å². The minimum atomic E-state index is -0.350. The molecule has 2 aromatic heterocycles. The molecule has 36 heavy (non-hydrogen) atoms. The number of hydrogen-bond donors (Lipinski definition) is 2. The van der Waals surface area contributed by atoms with Crippen LogP contribution >= 0.6 is 0 Å². The Kier molecular flexibility index (Phi) is 7.56. The second-order valence-electron chi connectivity index (χ2n) is 10.00. The number of carbonyl (C=O) groups is 1. The molecular formula is C29H37N5O2. The maximum atomic E-state index is 13.3. The highest BCUT2D eigenvalue weighted by molar-refractivity contribution is 5.80. The normalized spacial score (nSPS) is 17.2. The number of carbonyl (C=O) groups excluding carboxylic acids is 1. The fourth-order valence-electron chi connectivity index (χ4n) is 5.22. The Morgan fingerprint density at radius 2 is 1.81 bits per heavy atom. The predicted octanol–water partition coefficient (Wildman–Crippen LogP) is 4.14. The van der Waals surface area contributed by atoms with Crippen molar-refractivity contribution in [3.63, 3.8) is 0 Å². The molecule has 7 nitrogen and oxygen atoms in total. The lowest BCUT2D eigenvalue weighted by atomic mass is 9.97. The van der Waals surface area contributed by atoms with Gasteiger partial charge in [-0.2, -0.15) is 0 Å². The number of aromatic nitrogens is 1. The van der Waals surface area contributed by atoms with Crippen molar-refractivity contribution < 1.29 is 9.21 Å². The molecule has 2 aliphatic rings. The van der Waals surface area contributed by atoms with Crippen molar-refractivity contribution in [3.8, 4) is 0 Å². The lowest BCUT2D eigenvalue weighted by Gasteiger charge is -2.33. The molecule has 2 N–H and O–H groups in total. The van der Waals surface area contributed by atoms with Crippen LogP contribution in [-0.4, -0.2) is 50.2 Å². The maximum absolute atomic E-state index is 13.3. The van der Waals surface area contributed by atoms with Gasteiger partial charge in [-0.15, -0.1) is 0 Å². The van der Waals surface area contributed by atoms with E-state index in [1.165, 1.54) is 30.5 Å². The average molecular weight is 488 g/mol. The molecule has 1 amide bonds. The molecule has 3 aromatic rings. The lowest BCUT2D eigenvalue weighted by molar-refractivity contribution is -0.121. The Balaban J connectivity index is 1.36. The topological polar surface area (TPSA) is 73.6 Å². The maximum Gasteiger partial charge on any atom is 0.225 e. The quantitative estimate of drug-likeness (QED) is 0.522. The summed E-state index contributed by atoms with van der Waals surface area (Å²) in [6.45, 7) is 9.99. The van der Waals surface area contributed by atoms with Gasteiger partial charge in [-0.05, 0) is 68.5 Å². The first-order chi connectivity index (χ1) is 17.6. The van der Waals surface area contributed by atoms with Crippen LogP contribution in [0.3, 0.4) is 0 Å². The SMILES string of the molecule is Cc1ccc(C(NC(=O)Cc2ccc(N3CCNCC3)nc2)c2ccc(C)o2)c(N2CCCCC2)c1. The monoisotopic (exact) mass is 487 g/mol. The number of amides is 1. The van der Waals surface area contributed by atoms with Crippen LogP contribution in [0.15, 0.2) is 53.1 Å². The molecule has 0 radical (unpaired) electrons. The predicted molar refractivity (Wildman–Crippen MR) is 144 cm³/mol. The highest BCUT2D eigenvalue weighted by Crippen LogP contribution is 2.34. The van der Waals surface area contributed by atoms with E-state index in [4.69, 9.17) is 4.42 Å². The van der Waals surface area contributed by atoms with Gasteiger partial charge in [0.15, 0.2) is 0 Å². The number of hydrogen-bond acceptors (Lipinski definition) is 6. The van der Waals surface area contributed by atoms with Gasteiger partial charge in [-0.1, -0.05) is 18.2 Å². The number of pyridine rings is 1. The highest BCUT2D eigenvalue weighted by atomic mass is 16.3. The number of rotatable bonds is 7. The molecule has 0 spiro atoms. The molecule has 7 heteroatoms. The largest absolute Gasteiger partial charge is 0.464 e. The number of furan rings is 1. The first-order valence-electron chi connectivity index (χ1n) is 13.2. The molecule has 2 saturated heterocycles. The van der Waals surface area contributed by atoms with Gasteiger partial charge in [-0.25, -0.2) is 4.98 Å². The Bertz CT molecular complexity index is 1160. The van der Waals surface area contributed by atoms with Crippen molar-refractivity contribution in [2.45, 2.75) is 45.6 Å².